The Morgan fingerprint density at radius 3 is 2.55 bits per heavy atom. The molecule has 1 rings (SSSR count). The minimum Gasteiger partial charge on any atom is -0.461 e. The van der Waals surface area contributed by atoms with Crippen LogP contribution in [0.2, 0.25) is 0 Å². The monoisotopic (exact) mass is 278 g/mol. The van der Waals surface area contributed by atoms with E-state index < -0.39 is 0 Å². The van der Waals surface area contributed by atoms with E-state index in [2.05, 4.69) is 6.92 Å². The van der Waals surface area contributed by atoms with E-state index in [0.29, 0.717) is 13.0 Å². The van der Waals surface area contributed by atoms with Crippen molar-refractivity contribution in [3.8, 4) is 0 Å². The van der Waals surface area contributed by atoms with Gasteiger partial charge in [0.25, 0.3) is 0 Å². The molecule has 1 unspecified atom stereocenters. The molecule has 0 radical (unpaired) electrons. The molecular weight excluding hydrogens is 252 g/mol. The summed E-state index contributed by atoms with van der Waals surface area (Å²) in [5.41, 5.74) is 1.01. The number of hydrogen-bond donors (Lipinski definition) is 1. The fourth-order valence-corrected chi connectivity index (χ4v) is 2.04. The van der Waals surface area contributed by atoms with Crippen molar-refractivity contribution in [2.45, 2.75) is 64.6 Å². The average Bonchev–Trinajstić information content (AvgIpc) is 2.48. The van der Waals surface area contributed by atoms with Crippen LogP contribution < -0.4 is 0 Å². The largest absolute Gasteiger partial charge is 0.461 e. The van der Waals surface area contributed by atoms with E-state index >= 15 is 0 Å². The fraction of sp³-hybridized carbons (Fsp3) is 0.588. The molecule has 0 saturated carbocycles. The fourth-order valence-electron chi connectivity index (χ4n) is 2.04. The number of benzene rings is 1. The summed E-state index contributed by atoms with van der Waals surface area (Å²) < 4.78 is 5.20. The van der Waals surface area contributed by atoms with Crippen LogP contribution in [0.25, 0.3) is 0 Å². The van der Waals surface area contributed by atoms with Crippen LogP contribution in [0.5, 0.6) is 0 Å². The predicted molar refractivity (Wildman–Crippen MR) is 80.2 cm³/mol. The maximum atomic E-state index is 11.5. The molecule has 3 heteroatoms. The maximum absolute atomic E-state index is 11.5. The van der Waals surface area contributed by atoms with Crippen LogP contribution >= 0.6 is 0 Å². The summed E-state index contributed by atoms with van der Waals surface area (Å²) in [6, 6.07) is 9.69. The first-order valence-electron chi connectivity index (χ1n) is 7.60. The Balaban J connectivity index is 2.03. The molecule has 1 aromatic rings. The second kappa shape index (κ2) is 10.4. The summed E-state index contributed by atoms with van der Waals surface area (Å²) in [6.07, 6.45) is 5.73. The summed E-state index contributed by atoms with van der Waals surface area (Å²) in [6.45, 7) is 2.47. The zero-order chi connectivity index (χ0) is 14.6. The lowest BCUT2D eigenvalue weighted by Crippen LogP contribution is -2.07. The molecule has 0 bridgehead atoms. The number of aliphatic hydroxyl groups is 1. The van der Waals surface area contributed by atoms with E-state index in [1.807, 2.05) is 30.3 Å². The molecule has 0 amide bonds. The lowest BCUT2D eigenvalue weighted by molar-refractivity contribution is -0.145. The Morgan fingerprint density at radius 2 is 1.85 bits per heavy atom. The second-order valence-electron chi connectivity index (χ2n) is 5.19. The molecule has 0 aromatic heterocycles. The van der Waals surface area contributed by atoms with Gasteiger partial charge < -0.3 is 9.84 Å². The van der Waals surface area contributed by atoms with Gasteiger partial charge in [-0.1, -0.05) is 56.5 Å². The molecule has 1 aromatic carbocycles. The number of ether oxygens (including phenoxy) is 1. The van der Waals surface area contributed by atoms with Crippen LogP contribution in [0, 0.1) is 0 Å². The highest BCUT2D eigenvalue weighted by Crippen LogP contribution is 2.10. The molecule has 3 nitrogen and oxygen atoms in total. The van der Waals surface area contributed by atoms with Gasteiger partial charge in [-0.3, -0.25) is 4.79 Å². The van der Waals surface area contributed by atoms with Gasteiger partial charge in [0.15, 0.2) is 0 Å². The molecule has 0 aliphatic rings. The average molecular weight is 278 g/mol. The molecular formula is C17H26O3. The van der Waals surface area contributed by atoms with Crippen LogP contribution in [-0.4, -0.2) is 17.2 Å². The number of aliphatic hydroxyl groups excluding tert-OH is 1. The standard InChI is InChI=1S/C17H26O3/c1-2-3-11-16(18)12-7-8-13-17(19)20-14-15-9-5-4-6-10-15/h4-6,9-10,16,18H,2-3,7-8,11-14H2,1H3. The van der Waals surface area contributed by atoms with E-state index in [-0.39, 0.29) is 12.1 Å². The van der Waals surface area contributed by atoms with Crippen molar-refractivity contribution in [3.63, 3.8) is 0 Å². The second-order valence-corrected chi connectivity index (χ2v) is 5.19. The maximum Gasteiger partial charge on any atom is 0.306 e. The predicted octanol–water partition coefficient (Wildman–Crippen LogP) is 3.84. The van der Waals surface area contributed by atoms with Gasteiger partial charge in [0.1, 0.15) is 6.61 Å². The Labute approximate surface area is 122 Å². The summed E-state index contributed by atoms with van der Waals surface area (Å²) in [5.74, 6) is -0.156. The highest BCUT2D eigenvalue weighted by molar-refractivity contribution is 5.69. The number of carbonyl (C=O) groups is 1. The Hall–Kier alpha value is -1.35. The van der Waals surface area contributed by atoms with Crippen molar-refractivity contribution in [1.29, 1.82) is 0 Å². The van der Waals surface area contributed by atoms with Crippen molar-refractivity contribution in [3.05, 3.63) is 35.9 Å². The molecule has 0 aliphatic carbocycles. The topological polar surface area (TPSA) is 46.5 Å². The van der Waals surface area contributed by atoms with Crippen LogP contribution in [0.15, 0.2) is 30.3 Å². The van der Waals surface area contributed by atoms with E-state index in [1.165, 1.54) is 0 Å². The van der Waals surface area contributed by atoms with Gasteiger partial charge in [-0.15, -0.1) is 0 Å². The third-order valence-electron chi connectivity index (χ3n) is 3.30. The van der Waals surface area contributed by atoms with Gasteiger partial charge in [0.05, 0.1) is 6.10 Å². The van der Waals surface area contributed by atoms with Crippen LogP contribution in [0.3, 0.4) is 0 Å². The highest BCUT2D eigenvalue weighted by Gasteiger charge is 2.06. The van der Waals surface area contributed by atoms with E-state index in [4.69, 9.17) is 4.74 Å². The molecule has 1 N–H and O–H groups in total. The highest BCUT2D eigenvalue weighted by atomic mass is 16.5. The van der Waals surface area contributed by atoms with E-state index in [0.717, 1.165) is 44.1 Å². The van der Waals surface area contributed by atoms with Crippen LogP contribution in [0.1, 0.15) is 57.4 Å². The molecule has 0 aliphatic heterocycles. The molecule has 0 heterocycles. The molecule has 112 valence electrons. The van der Waals surface area contributed by atoms with Crippen molar-refractivity contribution < 1.29 is 14.6 Å². The van der Waals surface area contributed by atoms with Crippen molar-refractivity contribution in [1.82, 2.24) is 0 Å². The van der Waals surface area contributed by atoms with E-state index in [9.17, 15) is 9.90 Å². The third-order valence-corrected chi connectivity index (χ3v) is 3.30. The Morgan fingerprint density at radius 1 is 1.15 bits per heavy atom. The Kier molecular flexibility index (Phi) is 8.72. The van der Waals surface area contributed by atoms with Crippen molar-refractivity contribution >= 4 is 5.97 Å². The quantitative estimate of drug-likeness (QED) is 0.522. The van der Waals surface area contributed by atoms with Crippen LogP contribution in [0.4, 0.5) is 0 Å². The van der Waals surface area contributed by atoms with Gasteiger partial charge >= 0.3 is 5.97 Å². The SMILES string of the molecule is CCCCC(O)CCCCC(=O)OCc1ccccc1. The van der Waals surface area contributed by atoms with Gasteiger partial charge in [-0.2, -0.15) is 0 Å². The minimum atomic E-state index is -0.213. The molecule has 0 saturated heterocycles. The lowest BCUT2D eigenvalue weighted by Gasteiger charge is -2.09. The molecule has 20 heavy (non-hydrogen) atoms. The number of rotatable bonds is 10. The summed E-state index contributed by atoms with van der Waals surface area (Å²) in [7, 11) is 0. The zero-order valence-corrected chi connectivity index (χ0v) is 12.4. The lowest BCUT2D eigenvalue weighted by atomic mass is 10.1. The normalized spacial score (nSPS) is 12.1. The first kappa shape index (κ1) is 16.7. The van der Waals surface area contributed by atoms with Crippen molar-refractivity contribution in [2.75, 3.05) is 0 Å². The summed E-state index contributed by atoms with van der Waals surface area (Å²) >= 11 is 0. The van der Waals surface area contributed by atoms with Gasteiger partial charge in [-0.25, -0.2) is 0 Å². The van der Waals surface area contributed by atoms with Crippen LogP contribution in [-0.2, 0) is 16.1 Å². The molecule has 0 spiro atoms. The number of hydrogen-bond acceptors (Lipinski definition) is 3. The first-order valence-corrected chi connectivity index (χ1v) is 7.60. The zero-order valence-electron chi connectivity index (χ0n) is 12.4. The number of unbranched alkanes of at least 4 members (excludes halogenated alkanes) is 2. The molecule has 0 fully saturated rings. The third kappa shape index (κ3) is 7.95. The van der Waals surface area contributed by atoms with Crippen molar-refractivity contribution in [2.24, 2.45) is 0 Å². The first-order chi connectivity index (χ1) is 9.72. The van der Waals surface area contributed by atoms with Gasteiger partial charge in [0, 0.05) is 6.42 Å². The Bertz CT molecular complexity index is 362. The summed E-state index contributed by atoms with van der Waals surface area (Å²) in [4.78, 5) is 11.5. The summed E-state index contributed by atoms with van der Waals surface area (Å²) in [5, 5.41) is 9.68. The number of esters is 1. The minimum absolute atomic E-state index is 0.156. The van der Waals surface area contributed by atoms with Gasteiger partial charge in [0.2, 0.25) is 0 Å². The van der Waals surface area contributed by atoms with E-state index in [1.54, 1.807) is 0 Å². The van der Waals surface area contributed by atoms with Gasteiger partial charge in [-0.05, 0) is 24.8 Å². The number of carbonyl (C=O) groups excluding carboxylic acids is 1. The smallest absolute Gasteiger partial charge is 0.306 e. The molecule has 1 atom stereocenters.